The molecule has 24 heavy (non-hydrogen) atoms. The average Bonchev–Trinajstić information content (AvgIpc) is 3.20. The molecule has 0 saturated heterocycles. The van der Waals surface area contributed by atoms with Crippen molar-refractivity contribution in [2.24, 2.45) is 0 Å². The van der Waals surface area contributed by atoms with Gasteiger partial charge in [0.05, 0.1) is 0 Å². The van der Waals surface area contributed by atoms with E-state index in [4.69, 9.17) is 0 Å². The summed E-state index contributed by atoms with van der Waals surface area (Å²) in [6.45, 7) is 2.27. The van der Waals surface area contributed by atoms with Crippen LogP contribution >= 0.6 is 0 Å². The van der Waals surface area contributed by atoms with Crippen molar-refractivity contribution in [1.82, 2.24) is 0 Å². The highest BCUT2D eigenvalue weighted by Crippen LogP contribution is 2.29. The fourth-order valence-electron chi connectivity index (χ4n) is 3.72. The van der Waals surface area contributed by atoms with E-state index in [1.165, 1.54) is 17.5 Å². The van der Waals surface area contributed by atoms with Crippen molar-refractivity contribution in [1.29, 1.82) is 0 Å². The Morgan fingerprint density at radius 3 is 2.62 bits per heavy atom. The Kier molecular flexibility index (Phi) is 3.60. The van der Waals surface area contributed by atoms with Crippen LogP contribution in [0.5, 0.6) is 0 Å². The maximum Gasteiger partial charge on any atom is 0.255 e. The van der Waals surface area contributed by atoms with Crippen molar-refractivity contribution in [3.63, 3.8) is 0 Å². The normalized spacial score (nSPS) is 15.1. The molecule has 2 aromatic rings. The number of amides is 2. The van der Waals surface area contributed by atoms with Crippen molar-refractivity contribution >= 4 is 23.2 Å². The van der Waals surface area contributed by atoms with E-state index < -0.39 is 0 Å². The molecule has 1 aliphatic heterocycles. The summed E-state index contributed by atoms with van der Waals surface area (Å²) < 4.78 is 0. The first-order valence-electron chi connectivity index (χ1n) is 8.46. The van der Waals surface area contributed by atoms with E-state index in [1.807, 2.05) is 18.2 Å². The molecule has 0 aromatic heterocycles. The molecule has 0 radical (unpaired) electrons. The zero-order valence-electron chi connectivity index (χ0n) is 13.8. The minimum Gasteiger partial charge on any atom is -0.322 e. The van der Waals surface area contributed by atoms with E-state index in [0.717, 1.165) is 36.2 Å². The number of benzene rings is 2. The first-order valence-corrected chi connectivity index (χ1v) is 8.46. The van der Waals surface area contributed by atoms with Crippen molar-refractivity contribution in [3.8, 4) is 0 Å². The van der Waals surface area contributed by atoms with Crippen LogP contribution in [0.25, 0.3) is 0 Å². The molecule has 4 nitrogen and oxygen atoms in total. The summed E-state index contributed by atoms with van der Waals surface area (Å²) in [6.07, 6.45) is 4.24. The molecule has 4 heteroatoms. The molecule has 1 heterocycles. The molecule has 1 aliphatic carbocycles. The van der Waals surface area contributed by atoms with Crippen LogP contribution in [-0.2, 0) is 24.1 Å². The van der Waals surface area contributed by atoms with Crippen molar-refractivity contribution in [2.75, 3.05) is 16.8 Å². The predicted molar refractivity (Wildman–Crippen MR) is 94.6 cm³/mol. The van der Waals surface area contributed by atoms with Crippen LogP contribution in [0.1, 0.15) is 40.4 Å². The van der Waals surface area contributed by atoms with Gasteiger partial charge in [-0.3, -0.25) is 9.59 Å². The summed E-state index contributed by atoms with van der Waals surface area (Å²) in [5.74, 6) is -0.0545. The number of carbonyl (C=O) groups excluding carboxylic acids is 2. The SMILES string of the molecule is CC(=O)N1CCc2cc(C(=O)Nc3ccc4c(c3)CCC4)ccc21. The molecule has 4 rings (SSSR count). The lowest BCUT2D eigenvalue weighted by molar-refractivity contribution is -0.116. The highest BCUT2D eigenvalue weighted by molar-refractivity contribution is 6.05. The van der Waals surface area contributed by atoms with Gasteiger partial charge in [0.2, 0.25) is 5.91 Å². The van der Waals surface area contributed by atoms with E-state index in [-0.39, 0.29) is 11.8 Å². The van der Waals surface area contributed by atoms with Gasteiger partial charge in [-0.05, 0) is 72.7 Å². The maximum absolute atomic E-state index is 12.5. The molecule has 0 unspecified atom stereocenters. The van der Waals surface area contributed by atoms with Gasteiger partial charge in [-0.15, -0.1) is 0 Å². The lowest BCUT2D eigenvalue weighted by atomic mass is 10.1. The molecule has 0 saturated carbocycles. The second kappa shape index (κ2) is 5.78. The van der Waals surface area contributed by atoms with Crippen molar-refractivity contribution in [3.05, 3.63) is 58.7 Å². The van der Waals surface area contributed by atoms with Gasteiger partial charge >= 0.3 is 0 Å². The van der Waals surface area contributed by atoms with E-state index in [2.05, 4.69) is 17.4 Å². The van der Waals surface area contributed by atoms with Crippen LogP contribution in [0.15, 0.2) is 36.4 Å². The molecular weight excluding hydrogens is 300 g/mol. The van der Waals surface area contributed by atoms with Crippen molar-refractivity contribution < 1.29 is 9.59 Å². The van der Waals surface area contributed by atoms with Crippen LogP contribution in [0.3, 0.4) is 0 Å². The molecule has 0 atom stereocenters. The van der Waals surface area contributed by atoms with Crippen LogP contribution in [0, 0.1) is 0 Å². The summed E-state index contributed by atoms with van der Waals surface area (Å²) in [7, 11) is 0. The topological polar surface area (TPSA) is 49.4 Å². The highest BCUT2D eigenvalue weighted by Gasteiger charge is 2.23. The Balaban J connectivity index is 1.54. The minimum atomic E-state index is -0.1000. The summed E-state index contributed by atoms with van der Waals surface area (Å²) in [4.78, 5) is 25.9. The van der Waals surface area contributed by atoms with Gasteiger partial charge in [-0.25, -0.2) is 0 Å². The van der Waals surface area contributed by atoms with Gasteiger partial charge in [0, 0.05) is 30.4 Å². The van der Waals surface area contributed by atoms with Gasteiger partial charge in [0.1, 0.15) is 0 Å². The lowest BCUT2D eigenvalue weighted by Crippen LogP contribution is -2.25. The number of hydrogen-bond donors (Lipinski definition) is 1. The third kappa shape index (κ3) is 2.58. The second-order valence-electron chi connectivity index (χ2n) is 6.56. The number of aryl methyl sites for hydroxylation is 2. The van der Waals surface area contributed by atoms with Gasteiger partial charge in [-0.2, -0.15) is 0 Å². The molecular formula is C20H20N2O2. The summed E-state index contributed by atoms with van der Waals surface area (Å²) in [5, 5.41) is 2.99. The van der Waals surface area contributed by atoms with Crippen LogP contribution in [-0.4, -0.2) is 18.4 Å². The molecule has 1 N–H and O–H groups in total. The number of anilines is 2. The van der Waals surface area contributed by atoms with E-state index in [9.17, 15) is 9.59 Å². The zero-order valence-corrected chi connectivity index (χ0v) is 13.8. The van der Waals surface area contributed by atoms with Crippen LogP contribution in [0.4, 0.5) is 11.4 Å². The minimum absolute atomic E-state index is 0.0455. The van der Waals surface area contributed by atoms with Gasteiger partial charge < -0.3 is 10.2 Å². The second-order valence-corrected chi connectivity index (χ2v) is 6.56. The smallest absolute Gasteiger partial charge is 0.255 e. The Hall–Kier alpha value is -2.62. The number of carbonyl (C=O) groups is 2. The zero-order chi connectivity index (χ0) is 16.7. The van der Waals surface area contributed by atoms with Crippen LogP contribution < -0.4 is 10.2 Å². The quantitative estimate of drug-likeness (QED) is 0.922. The first kappa shape index (κ1) is 14.9. The fraction of sp³-hybridized carbons (Fsp3) is 0.300. The number of fused-ring (bicyclic) bond motifs is 2. The molecule has 2 aromatic carbocycles. The standard InChI is InChI=1S/C20H20N2O2/c1-13(23)22-10-9-16-11-17(6-8-19(16)22)20(24)21-18-7-5-14-3-2-4-15(14)12-18/h5-8,11-12H,2-4,9-10H2,1H3,(H,21,24). The average molecular weight is 320 g/mol. The predicted octanol–water partition coefficient (Wildman–Crippen LogP) is 3.34. The number of hydrogen-bond acceptors (Lipinski definition) is 2. The Bertz CT molecular complexity index is 842. The number of nitrogens with one attached hydrogen (secondary N) is 1. The van der Waals surface area contributed by atoms with E-state index in [0.29, 0.717) is 12.1 Å². The number of nitrogens with zero attached hydrogens (tertiary/aromatic N) is 1. The number of rotatable bonds is 2. The Morgan fingerprint density at radius 1 is 0.958 bits per heavy atom. The third-order valence-corrected chi connectivity index (χ3v) is 4.97. The largest absolute Gasteiger partial charge is 0.322 e. The van der Waals surface area contributed by atoms with Crippen molar-refractivity contribution in [2.45, 2.75) is 32.6 Å². The van der Waals surface area contributed by atoms with Crippen LogP contribution in [0.2, 0.25) is 0 Å². The van der Waals surface area contributed by atoms with E-state index in [1.54, 1.807) is 17.9 Å². The molecule has 2 amide bonds. The summed E-state index contributed by atoms with van der Waals surface area (Å²) in [6, 6.07) is 11.8. The first-order chi connectivity index (χ1) is 11.6. The third-order valence-electron chi connectivity index (χ3n) is 4.97. The molecule has 2 aliphatic rings. The molecule has 0 fully saturated rings. The molecule has 122 valence electrons. The lowest BCUT2D eigenvalue weighted by Gasteiger charge is -2.15. The summed E-state index contributed by atoms with van der Waals surface area (Å²) >= 11 is 0. The highest BCUT2D eigenvalue weighted by atomic mass is 16.2. The molecule has 0 bridgehead atoms. The molecule has 0 spiro atoms. The summed E-state index contributed by atoms with van der Waals surface area (Å²) in [5.41, 5.74) is 6.23. The van der Waals surface area contributed by atoms with E-state index >= 15 is 0 Å². The maximum atomic E-state index is 12.5. The Morgan fingerprint density at radius 2 is 1.79 bits per heavy atom. The van der Waals surface area contributed by atoms with Gasteiger partial charge in [-0.1, -0.05) is 6.07 Å². The monoisotopic (exact) mass is 320 g/mol. The fourth-order valence-corrected chi connectivity index (χ4v) is 3.72. The van der Waals surface area contributed by atoms with Gasteiger partial charge in [0.25, 0.3) is 5.91 Å². The van der Waals surface area contributed by atoms with Gasteiger partial charge in [0.15, 0.2) is 0 Å². The Labute approximate surface area is 141 Å².